The highest BCUT2D eigenvalue weighted by atomic mass is 32.2. The van der Waals surface area contributed by atoms with Gasteiger partial charge in [-0.25, -0.2) is 9.03 Å². The molecule has 5 rings (SSSR count). The third-order valence-electron chi connectivity index (χ3n) is 7.15. The molecule has 222 valence electrons. The van der Waals surface area contributed by atoms with Crippen LogP contribution in [0.15, 0.2) is 60.7 Å². The molecule has 8 nitrogen and oxygen atoms in total. The summed E-state index contributed by atoms with van der Waals surface area (Å²) in [6.45, 7) is 11.7. The average Bonchev–Trinajstić information content (AvgIpc) is 3.07. The van der Waals surface area contributed by atoms with Crippen LogP contribution in [0.3, 0.4) is 0 Å². The van der Waals surface area contributed by atoms with E-state index >= 15 is 0 Å². The first-order chi connectivity index (χ1) is 20.5. The van der Waals surface area contributed by atoms with Gasteiger partial charge in [0.25, 0.3) is 5.91 Å². The lowest BCUT2D eigenvalue weighted by atomic mass is 10.0. The second-order valence-electron chi connectivity index (χ2n) is 9.81. The Balaban J connectivity index is 0.00000198. The fourth-order valence-electron chi connectivity index (χ4n) is 4.79. The van der Waals surface area contributed by atoms with Crippen LogP contribution in [-0.2, 0) is 14.3 Å². The zero-order valence-electron chi connectivity index (χ0n) is 24.9. The van der Waals surface area contributed by atoms with Crippen molar-refractivity contribution in [2.24, 2.45) is 0 Å². The Morgan fingerprint density at radius 2 is 1.57 bits per heavy atom. The number of amides is 1. The summed E-state index contributed by atoms with van der Waals surface area (Å²) in [7, 11) is 1.40. The molecule has 0 aliphatic carbocycles. The molecule has 0 bridgehead atoms. The molecule has 0 spiro atoms. The van der Waals surface area contributed by atoms with Crippen molar-refractivity contribution in [2.75, 3.05) is 64.5 Å². The maximum atomic E-state index is 13.2. The predicted molar refractivity (Wildman–Crippen MR) is 170 cm³/mol. The minimum atomic E-state index is -0.351. The Morgan fingerprint density at radius 3 is 2.26 bits per heavy atom. The summed E-state index contributed by atoms with van der Waals surface area (Å²) < 4.78 is 15.5. The molecule has 0 unspecified atom stereocenters. The quantitative estimate of drug-likeness (QED) is 0.255. The third kappa shape index (κ3) is 8.05. The molecular weight excluding hydrogens is 548 g/mol. The number of ether oxygens (including phenoxy) is 2. The van der Waals surface area contributed by atoms with Gasteiger partial charge in [0.05, 0.1) is 20.3 Å². The molecular formula is C33H40N4O4S. The fraction of sp³-hybridized carbons (Fsp3) is 0.394. The molecule has 42 heavy (non-hydrogen) atoms. The first-order valence-corrected chi connectivity index (χ1v) is 15.3. The van der Waals surface area contributed by atoms with Gasteiger partial charge in [-0.05, 0) is 60.2 Å². The Morgan fingerprint density at radius 1 is 0.905 bits per heavy atom. The highest BCUT2D eigenvalue weighted by Crippen LogP contribution is 2.23. The number of nitrogens with one attached hydrogen (secondary N) is 1. The van der Waals surface area contributed by atoms with E-state index in [1.54, 1.807) is 6.92 Å². The van der Waals surface area contributed by atoms with E-state index in [2.05, 4.69) is 50.0 Å². The number of hydrogen-bond acceptors (Lipinski definition) is 8. The second kappa shape index (κ2) is 15.6. The van der Waals surface area contributed by atoms with E-state index in [0.29, 0.717) is 31.9 Å². The molecule has 1 amide bonds. The minimum absolute atomic E-state index is 0.0426. The van der Waals surface area contributed by atoms with Gasteiger partial charge in [0.2, 0.25) is 0 Å². The maximum Gasteiger partial charge on any atom is 0.323 e. The van der Waals surface area contributed by atoms with Crippen LogP contribution in [0.25, 0.3) is 10.8 Å². The van der Waals surface area contributed by atoms with Gasteiger partial charge >= 0.3 is 5.97 Å². The molecule has 3 aromatic rings. The molecule has 0 radical (unpaired) electrons. The van der Waals surface area contributed by atoms with Crippen molar-refractivity contribution in [3.05, 3.63) is 77.4 Å². The summed E-state index contributed by atoms with van der Waals surface area (Å²) in [5.74, 6) is 6.34. The van der Waals surface area contributed by atoms with E-state index in [0.717, 1.165) is 48.1 Å². The van der Waals surface area contributed by atoms with Crippen LogP contribution in [0.1, 0.15) is 42.3 Å². The zero-order valence-corrected chi connectivity index (χ0v) is 25.7. The summed E-state index contributed by atoms with van der Waals surface area (Å²) in [6, 6.07) is 19.9. The number of methoxy groups -OCH3 is 1. The molecule has 2 saturated heterocycles. The molecule has 2 fully saturated rings. The number of benzene rings is 3. The van der Waals surface area contributed by atoms with E-state index in [9.17, 15) is 9.59 Å². The summed E-state index contributed by atoms with van der Waals surface area (Å²) in [5, 5.41) is 1.95. The van der Waals surface area contributed by atoms with Gasteiger partial charge in [-0.1, -0.05) is 43.9 Å². The SMILES string of the molecule is CC.COC(=O)[C@@H](C)NSN1CCN(c2ccc(C#Cc3ccc4cccc(C(=O)N5CCOCC5)c4c3)cc2)CC1. The largest absolute Gasteiger partial charge is 0.468 e. The Kier molecular flexibility index (Phi) is 11.7. The lowest BCUT2D eigenvalue weighted by Gasteiger charge is -2.35. The number of piperazine rings is 1. The van der Waals surface area contributed by atoms with E-state index < -0.39 is 0 Å². The first kappa shape index (κ1) is 31.4. The number of rotatable bonds is 6. The number of hydrogen-bond donors (Lipinski definition) is 1. The van der Waals surface area contributed by atoms with Gasteiger partial charge in [-0.3, -0.25) is 9.59 Å². The van der Waals surface area contributed by atoms with Gasteiger partial charge in [0.15, 0.2) is 0 Å². The van der Waals surface area contributed by atoms with Crippen molar-refractivity contribution in [3.63, 3.8) is 0 Å². The van der Waals surface area contributed by atoms with Crippen molar-refractivity contribution < 1.29 is 19.1 Å². The smallest absolute Gasteiger partial charge is 0.323 e. The highest BCUT2D eigenvalue weighted by molar-refractivity contribution is 7.95. The van der Waals surface area contributed by atoms with Gasteiger partial charge in [-0.2, -0.15) is 0 Å². The van der Waals surface area contributed by atoms with Crippen molar-refractivity contribution in [1.82, 2.24) is 13.9 Å². The number of morpholine rings is 1. The lowest BCUT2D eigenvalue weighted by molar-refractivity contribution is -0.142. The van der Waals surface area contributed by atoms with E-state index in [4.69, 9.17) is 9.47 Å². The van der Waals surface area contributed by atoms with Crippen LogP contribution in [-0.4, -0.2) is 86.7 Å². The number of carbonyl (C=O) groups excluding carboxylic acids is 2. The van der Waals surface area contributed by atoms with E-state index in [-0.39, 0.29) is 17.9 Å². The molecule has 9 heteroatoms. The lowest BCUT2D eigenvalue weighted by Crippen LogP contribution is -2.45. The van der Waals surface area contributed by atoms with Crippen molar-refractivity contribution in [2.45, 2.75) is 26.8 Å². The number of esters is 1. The molecule has 0 saturated carbocycles. The molecule has 2 heterocycles. The molecule has 1 atom stereocenters. The second-order valence-corrected chi connectivity index (χ2v) is 10.7. The summed E-state index contributed by atoms with van der Waals surface area (Å²) >= 11 is 1.47. The van der Waals surface area contributed by atoms with Gasteiger partial charge in [0, 0.05) is 73.8 Å². The number of carbonyl (C=O) groups is 2. The monoisotopic (exact) mass is 588 g/mol. The van der Waals surface area contributed by atoms with Crippen molar-refractivity contribution in [1.29, 1.82) is 0 Å². The van der Waals surface area contributed by atoms with Gasteiger partial charge < -0.3 is 19.3 Å². The Bertz CT molecular complexity index is 1410. The van der Waals surface area contributed by atoms with Crippen LogP contribution < -0.4 is 9.62 Å². The molecule has 3 aromatic carbocycles. The average molecular weight is 589 g/mol. The third-order valence-corrected chi connectivity index (χ3v) is 8.23. The van der Waals surface area contributed by atoms with E-state index in [1.807, 2.05) is 55.1 Å². The number of fused-ring (bicyclic) bond motifs is 1. The van der Waals surface area contributed by atoms with Crippen molar-refractivity contribution >= 4 is 40.5 Å². The van der Waals surface area contributed by atoms with Gasteiger partial charge in [-0.15, -0.1) is 0 Å². The zero-order chi connectivity index (χ0) is 29.9. The molecule has 2 aliphatic rings. The topological polar surface area (TPSA) is 74.4 Å². The summed E-state index contributed by atoms with van der Waals surface area (Å²) in [4.78, 5) is 29.0. The first-order valence-electron chi connectivity index (χ1n) is 14.5. The number of anilines is 1. The highest BCUT2D eigenvalue weighted by Gasteiger charge is 2.21. The van der Waals surface area contributed by atoms with Gasteiger partial charge in [0.1, 0.15) is 6.04 Å². The Labute approximate surface area is 253 Å². The molecule has 0 aromatic heterocycles. The van der Waals surface area contributed by atoms with Crippen LogP contribution >= 0.6 is 12.1 Å². The van der Waals surface area contributed by atoms with Crippen LogP contribution in [0, 0.1) is 11.8 Å². The Hall–Kier alpha value is -3.55. The summed E-state index contributed by atoms with van der Waals surface area (Å²) in [6.07, 6.45) is 0. The standard InChI is InChI=1S/C31H34N4O4S.C2H6/c1-23(31(37)38-2)32-40-35-16-14-33(15-17-35)27-12-9-24(10-13-27)6-7-25-8-11-26-4-3-5-28(29(26)22-25)30(36)34-18-20-39-21-19-34;1-2/h3-5,8-13,22-23,32H,14-21H2,1-2H3;1-2H3/t23-;/m1./s1. The molecule has 2 aliphatic heterocycles. The minimum Gasteiger partial charge on any atom is -0.468 e. The maximum absolute atomic E-state index is 13.2. The van der Waals surface area contributed by atoms with Crippen LogP contribution in [0.4, 0.5) is 5.69 Å². The fourth-order valence-corrected chi connectivity index (χ4v) is 5.54. The normalized spacial score (nSPS) is 16.1. The van der Waals surface area contributed by atoms with Crippen molar-refractivity contribution in [3.8, 4) is 11.8 Å². The summed E-state index contributed by atoms with van der Waals surface area (Å²) in [5.41, 5.74) is 3.70. The predicted octanol–water partition coefficient (Wildman–Crippen LogP) is 4.57. The van der Waals surface area contributed by atoms with E-state index in [1.165, 1.54) is 24.9 Å². The van der Waals surface area contributed by atoms with Crippen LogP contribution in [0.2, 0.25) is 0 Å². The van der Waals surface area contributed by atoms with Crippen LogP contribution in [0.5, 0.6) is 0 Å². The molecule has 1 N–H and O–H groups in total. The number of nitrogens with zero attached hydrogens (tertiary/aromatic N) is 3.